The van der Waals surface area contributed by atoms with Gasteiger partial charge in [-0.25, -0.2) is 13.2 Å². The molecule has 1 aliphatic carbocycles. The van der Waals surface area contributed by atoms with Crippen LogP contribution in [0, 0.1) is 6.92 Å². The van der Waals surface area contributed by atoms with Crippen molar-refractivity contribution in [2.75, 3.05) is 13.1 Å². The zero-order valence-electron chi connectivity index (χ0n) is 16.8. The summed E-state index contributed by atoms with van der Waals surface area (Å²) in [7, 11) is -3.54. The van der Waals surface area contributed by atoms with Crippen LogP contribution in [0.3, 0.4) is 0 Å². The highest BCUT2D eigenvalue weighted by atomic mass is 32.2. The Bertz CT molecular complexity index is 758. The van der Waals surface area contributed by atoms with E-state index in [-0.39, 0.29) is 18.1 Å². The Labute approximate surface area is 169 Å². The summed E-state index contributed by atoms with van der Waals surface area (Å²) in [5.74, 6) is 0. The van der Waals surface area contributed by atoms with Crippen LogP contribution in [-0.4, -0.2) is 43.9 Å². The molecular weight excluding hydrogens is 374 g/mol. The van der Waals surface area contributed by atoms with Gasteiger partial charge in [-0.05, 0) is 44.2 Å². The molecule has 1 aliphatic heterocycles. The smallest absolute Gasteiger partial charge is 0.315 e. The van der Waals surface area contributed by atoms with E-state index < -0.39 is 10.0 Å². The minimum absolute atomic E-state index is 0.175. The second-order valence-electron chi connectivity index (χ2n) is 8.07. The van der Waals surface area contributed by atoms with Crippen LogP contribution in [0.15, 0.2) is 29.2 Å². The first kappa shape index (κ1) is 21.1. The molecule has 1 saturated heterocycles. The number of hydrogen-bond donors (Lipinski definition) is 2. The zero-order valence-corrected chi connectivity index (χ0v) is 17.6. The van der Waals surface area contributed by atoms with E-state index >= 15 is 0 Å². The first-order valence-corrected chi connectivity index (χ1v) is 12.0. The average molecular weight is 408 g/mol. The molecule has 7 heteroatoms. The van der Waals surface area contributed by atoms with Gasteiger partial charge in [0, 0.05) is 25.2 Å². The molecule has 1 aromatic carbocycles. The molecule has 2 aliphatic rings. The van der Waals surface area contributed by atoms with Crippen LogP contribution in [0.2, 0.25) is 0 Å². The van der Waals surface area contributed by atoms with Crippen molar-refractivity contribution in [2.45, 2.75) is 81.7 Å². The fourth-order valence-electron chi connectivity index (χ4n) is 4.35. The van der Waals surface area contributed by atoms with Gasteiger partial charge >= 0.3 is 6.03 Å². The number of sulfonamides is 1. The largest absolute Gasteiger partial charge is 0.337 e. The molecular formula is C21H33N3O3S. The fraction of sp³-hybridized carbons (Fsp3) is 0.667. The lowest BCUT2D eigenvalue weighted by atomic mass is 9.97. The van der Waals surface area contributed by atoms with Crippen molar-refractivity contribution in [1.82, 2.24) is 14.9 Å². The molecule has 1 heterocycles. The normalized spacial score (nSPS) is 22.4. The Morgan fingerprint density at radius 2 is 1.71 bits per heavy atom. The standard InChI is InChI=1S/C21H33N3O3S/c1-17-10-7-8-14-20(17)28(26,27)24-15-9-13-19(24)16-22-21(25)23-18-11-5-3-2-4-6-12-18/h7-8,10,14,18-19H,2-6,9,11-13,15-16H2,1H3,(H2,22,23,25). The molecule has 0 bridgehead atoms. The van der Waals surface area contributed by atoms with E-state index in [0.717, 1.165) is 44.1 Å². The van der Waals surface area contributed by atoms with Crippen LogP contribution < -0.4 is 10.6 Å². The van der Waals surface area contributed by atoms with Crippen molar-refractivity contribution in [2.24, 2.45) is 0 Å². The van der Waals surface area contributed by atoms with Gasteiger partial charge in [0.05, 0.1) is 4.90 Å². The number of nitrogens with one attached hydrogen (secondary N) is 2. The van der Waals surface area contributed by atoms with Gasteiger partial charge in [-0.15, -0.1) is 0 Å². The molecule has 156 valence electrons. The van der Waals surface area contributed by atoms with E-state index in [1.54, 1.807) is 16.4 Å². The first-order valence-electron chi connectivity index (χ1n) is 10.6. The van der Waals surface area contributed by atoms with Crippen molar-refractivity contribution in [3.05, 3.63) is 29.8 Å². The Balaban J connectivity index is 1.56. The third-order valence-corrected chi connectivity index (χ3v) is 8.05. The van der Waals surface area contributed by atoms with Crippen molar-refractivity contribution in [3.8, 4) is 0 Å². The summed E-state index contributed by atoms with van der Waals surface area (Å²) in [6.07, 6.45) is 9.77. The van der Waals surface area contributed by atoms with Crippen molar-refractivity contribution in [3.63, 3.8) is 0 Å². The highest BCUT2D eigenvalue weighted by Gasteiger charge is 2.36. The molecule has 1 aromatic rings. The van der Waals surface area contributed by atoms with Gasteiger partial charge in [-0.1, -0.05) is 50.3 Å². The van der Waals surface area contributed by atoms with Gasteiger partial charge in [0.2, 0.25) is 10.0 Å². The van der Waals surface area contributed by atoms with Crippen molar-refractivity contribution in [1.29, 1.82) is 0 Å². The maximum absolute atomic E-state index is 13.1. The van der Waals surface area contributed by atoms with E-state index in [9.17, 15) is 13.2 Å². The molecule has 1 unspecified atom stereocenters. The topological polar surface area (TPSA) is 78.5 Å². The maximum atomic E-state index is 13.1. The number of aryl methyl sites for hydroxylation is 1. The van der Waals surface area contributed by atoms with E-state index in [2.05, 4.69) is 10.6 Å². The lowest BCUT2D eigenvalue weighted by molar-refractivity contribution is 0.231. The van der Waals surface area contributed by atoms with Crippen LogP contribution >= 0.6 is 0 Å². The molecule has 28 heavy (non-hydrogen) atoms. The predicted molar refractivity (Wildman–Crippen MR) is 111 cm³/mol. The van der Waals surface area contributed by atoms with Crippen LogP contribution in [0.25, 0.3) is 0 Å². The molecule has 2 amide bonds. The summed E-state index contributed by atoms with van der Waals surface area (Å²) in [5, 5.41) is 6.01. The molecule has 0 radical (unpaired) electrons. The number of amides is 2. The van der Waals surface area contributed by atoms with Gasteiger partial charge in [-0.3, -0.25) is 0 Å². The Hall–Kier alpha value is -1.60. The SMILES string of the molecule is Cc1ccccc1S(=O)(=O)N1CCCC1CNC(=O)NC1CCCCCCC1. The number of urea groups is 1. The van der Waals surface area contributed by atoms with Gasteiger partial charge in [0.1, 0.15) is 0 Å². The minimum atomic E-state index is -3.54. The molecule has 3 rings (SSSR count). The van der Waals surface area contributed by atoms with Crippen molar-refractivity contribution >= 4 is 16.1 Å². The van der Waals surface area contributed by atoms with Crippen LogP contribution in [0.5, 0.6) is 0 Å². The van der Waals surface area contributed by atoms with Gasteiger partial charge in [0.25, 0.3) is 0 Å². The lowest BCUT2D eigenvalue weighted by Crippen LogP contribution is -2.48. The molecule has 1 atom stereocenters. The number of hydrogen-bond acceptors (Lipinski definition) is 3. The number of benzene rings is 1. The summed E-state index contributed by atoms with van der Waals surface area (Å²) in [4.78, 5) is 12.7. The molecule has 0 spiro atoms. The van der Waals surface area contributed by atoms with E-state index in [1.165, 1.54) is 19.3 Å². The number of carbonyl (C=O) groups is 1. The first-order chi connectivity index (χ1) is 13.5. The number of nitrogens with zero attached hydrogens (tertiary/aromatic N) is 1. The number of rotatable bonds is 5. The van der Waals surface area contributed by atoms with Gasteiger partial charge in [0.15, 0.2) is 0 Å². The molecule has 1 saturated carbocycles. The van der Waals surface area contributed by atoms with E-state index in [4.69, 9.17) is 0 Å². The summed E-state index contributed by atoms with van der Waals surface area (Å²) >= 11 is 0. The van der Waals surface area contributed by atoms with Crippen molar-refractivity contribution < 1.29 is 13.2 Å². The van der Waals surface area contributed by atoms with E-state index in [1.807, 2.05) is 19.1 Å². The highest BCUT2D eigenvalue weighted by Crippen LogP contribution is 2.27. The van der Waals surface area contributed by atoms with Crippen LogP contribution in [0.4, 0.5) is 4.79 Å². The second-order valence-corrected chi connectivity index (χ2v) is 9.93. The average Bonchev–Trinajstić information content (AvgIpc) is 3.12. The zero-order chi connectivity index (χ0) is 20.0. The minimum Gasteiger partial charge on any atom is -0.337 e. The summed E-state index contributed by atoms with van der Waals surface area (Å²) in [6, 6.07) is 6.95. The third-order valence-electron chi connectivity index (χ3n) is 5.94. The maximum Gasteiger partial charge on any atom is 0.315 e. The fourth-order valence-corrected chi connectivity index (χ4v) is 6.27. The third kappa shape index (κ3) is 5.26. The Morgan fingerprint density at radius 1 is 1.04 bits per heavy atom. The lowest BCUT2D eigenvalue weighted by Gasteiger charge is -2.26. The van der Waals surface area contributed by atoms with Gasteiger partial charge < -0.3 is 10.6 Å². The van der Waals surface area contributed by atoms with Crippen LogP contribution in [-0.2, 0) is 10.0 Å². The van der Waals surface area contributed by atoms with Crippen LogP contribution in [0.1, 0.15) is 63.4 Å². The second kappa shape index (κ2) is 9.74. The Morgan fingerprint density at radius 3 is 2.43 bits per heavy atom. The highest BCUT2D eigenvalue weighted by molar-refractivity contribution is 7.89. The van der Waals surface area contributed by atoms with E-state index in [0.29, 0.717) is 18.0 Å². The molecule has 0 aromatic heterocycles. The Kier molecular flexibility index (Phi) is 7.35. The molecule has 2 N–H and O–H groups in total. The summed E-state index contributed by atoms with van der Waals surface area (Å²) in [5.41, 5.74) is 0.753. The predicted octanol–water partition coefficient (Wildman–Crippen LogP) is 3.56. The monoisotopic (exact) mass is 407 g/mol. The molecule has 6 nitrogen and oxygen atoms in total. The van der Waals surface area contributed by atoms with Gasteiger partial charge in [-0.2, -0.15) is 4.31 Å². The molecule has 2 fully saturated rings. The number of carbonyl (C=O) groups excluding carboxylic acids is 1. The summed E-state index contributed by atoms with van der Waals surface area (Å²) in [6.45, 7) is 2.68. The summed E-state index contributed by atoms with van der Waals surface area (Å²) < 4.78 is 27.8. The quantitative estimate of drug-likeness (QED) is 0.783.